The molecule has 0 fully saturated rings. The number of carbonyl (C=O) groups excluding carboxylic acids is 1. The highest BCUT2D eigenvalue weighted by Gasteiger charge is 2.56. The lowest BCUT2D eigenvalue weighted by Gasteiger charge is -2.51. The van der Waals surface area contributed by atoms with E-state index in [2.05, 4.69) is 24.9 Å². The Morgan fingerprint density at radius 2 is 1.82 bits per heavy atom. The second-order valence-corrected chi connectivity index (χ2v) is 11.1. The molecule has 2 aliphatic carbocycles. The van der Waals surface area contributed by atoms with Gasteiger partial charge in [-0.05, 0) is 49.4 Å². The van der Waals surface area contributed by atoms with Crippen molar-refractivity contribution in [3.63, 3.8) is 0 Å². The number of pyridine rings is 1. The highest BCUT2D eigenvalue weighted by molar-refractivity contribution is 6.04. The van der Waals surface area contributed by atoms with Crippen molar-refractivity contribution >= 4 is 16.7 Å². The van der Waals surface area contributed by atoms with E-state index in [1.807, 2.05) is 49.4 Å². The van der Waals surface area contributed by atoms with E-state index < -0.39 is 10.8 Å². The molecule has 0 aliphatic heterocycles. The maximum atomic E-state index is 15.3. The SMILES string of the molecule is CCCC1(C)C(=O)C(C#N)=C[C@@]2(C)c3nc(-c4ccnc5ccccc45)nc(-c4ccccc4F)c3CCC12. The largest absolute Gasteiger partial charge is 0.293 e. The molecular formula is C33H29FN4O. The van der Waals surface area contributed by atoms with Crippen LogP contribution in [0, 0.1) is 28.5 Å². The Morgan fingerprint density at radius 1 is 1.05 bits per heavy atom. The number of ketones is 1. The van der Waals surface area contributed by atoms with Gasteiger partial charge in [0.15, 0.2) is 11.6 Å². The summed E-state index contributed by atoms with van der Waals surface area (Å²) in [6.07, 6.45) is 6.43. The molecule has 2 unspecified atom stereocenters. The van der Waals surface area contributed by atoms with Crippen LogP contribution in [0.25, 0.3) is 33.5 Å². The molecule has 0 N–H and O–H groups in total. The molecule has 0 amide bonds. The summed E-state index contributed by atoms with van der Waals surface area (Å²) in [6, 6.07) is 18.6. The fraction of sp³-hybridized carbons (Fsp3) is 0.303. The lowest BCUT2D eigenvalue weighted by Crippen LogP contribution is -2.53. The Bertz CT molecular complexity index is 1720. The number of hydrogen-bond donors (Lipinski definition) is 0. The number of nitriles is 1. The van der Waals surface area contributed by atoms with Crippen molar-refractivity contribution < 1.29 is 9.18 Å². The summed E-state index contributed by atoms with van der Waals surface area (Å²) in [4.78, 5) is 28.3. The summed E-state index contributed by atoms with van der Waals surface area (Å²) in [6.45, 7) is 6.16. The number of fused-ring (bicyclic) bond motifs is 4. The molecule has 5 nitrogen and oxygen atoms in total. The molecule has 4 aromatic rings. The standard InChI is InChI=1S/C33H29FN4O/c1-4-16-32(2)27-14-13-24-28(23-10-5-7-11-25(23)34)37-31(22-15-17-36-26-12-8-6-9-21(22)26)38-29(24)33(27,3)18-20(19-35)30(32)39/h5-12,15,17-18,27H,4,13-14,16H2,1-3H3/t27?,32?,33-/m1/s1. The monoisotopic (exact) mass is 516 g/mol. The zero-order valence-corrected chi connectivity index (χ0v) is 22.3. The molecule has 194 valence electrons. The topological polar surface area (TPSA) is 79.5 Å². The zero-order chi connectivity index (χ0) is 27.4. The van der Waals surface area contributed by atoms with Crippen LogP contribution in [0.2, 0.25) is 0 Å². The highest BCUT2D eigenvalue weighted by atomic mass is 19.1. The molecule has 0 saturated heterocycles. The van der Waals surface area contributed by atoms with Crippen LogP contribution in [-0.2, 0) is 16.6 Å². The minimum Gasteiger partial charge on any atom is -0.293 e. The smallest absolute Gasteiger partial charge is 0.179 e. The Morgan fingerprint density at radius 3 is 2.59 bits per heavy atom. The number of nitrogens with zero attached hydrogens (tertiary/aromatic N) is 4. The van der Waals surface area contributed by atoms with Crippen LogP contribution in [-0.4, -0.2) is 20.7 Å². The predicted octanol–water partition coefficient (Wildman–Crippen LogP) is 7.16. The van der Waals surface area contributed by atoms with Gasteiger partial charge < -0.3 is 0 Å². The van der Waals surface area contributed by atoms with E-state index in [0.29, 0.717) is 29.9 Å². The lowest BCUT2D eigenvalue weighted by atomic mass is 9.50. The number of allylic oxidation sites excluding steroid dienone is 2. The van der Waals surface area contributed by atoms with Gasteiger partial charge in [-0.3, -0.25) is 9.78 Å². The summed E-state index contributed by atoms with van der Waals surface area (Å²) in [5.41, 5.74) is 3.05. The quantitative estimate of drug-likeness (QED) is 0.288. The predicted molar refractivity (Wildman–Crippen MR) is 149 cm³/mol. The van der Waals surface area contributed by atoms with Gasteiger partial charge in [0.1, 0.15) is 11.9 Å². The molecular weight excluding hydrogens is 487 g/mol. The number of Topliss-reactive ketones (excluding diaryl/α,β-unsaturated/α-hetero) is 1. The normalized spacial score (nSPS) is 24.0. The first-order valence-electron chi connectivity index (χ1n) is 13.5. The van der Waals surface area contributed by atoms with E-state index in [1.54, 1.807) is 18.3 Å². The summed E-state index contributed by atoms with van der Waals surface area (Å²) >= 11 is 0. The molecule has 2 heterocycles. The number of para-hydroxylation sites is 1. The Labute approximate surface area is 227 Å². The second kappa shape index (κ2) is 9.20. The van der Waals surface area contributed by atoms with Gasteiger partial charge in [0, 0.05) is 39.1 Å². The minimum atomic E-state index is -0.697. The van der Waals surface area contributed by atoms with Gasteiger partial charge >= 0.3 is 0 Å². The number of rotatable bonds is 4. The molecule has 2 aliphatic rings. The molecule has 39 heavy (non-hydrogen) atoms. The van der Waals surface area contributed by atoms with Gasteiger partial charge in [-0.15, -0.1) is 0 Å². The first-order valence-corrected chi connectivity index (χ1v) is 13.5. The van der Waals surface area contributed by atoms with Crippen molar-refractivity contribution in [2.45, 2.75) is 51.9 Å². The van der Waals surface area contributed by atoms with Crippen LogP contribution in [0.15, 0.2) is 72.4 Å². The van der Waals surface area contributed by atoms with Crippen LogP contribution >= 0.6 is 0 Å². The Balaban J connectivity index is 1.69. The number of hydrogen-bond acceptors (Lipinski definition) is 5. The molecule has 6 heteroatoms. The number of halogens is 1. The number of aromatic nitrogens is 3. The van der Waals surface area contributed by atoms with Gasteiger partial charge in [-0.1, -0.05) is 63.6 Å². The van der Waals surface area contributed by atoms with E-state index in [-0.39, 0.29) is 23.1 Å². The molecule has 0 bridgehead atoms. The van der Waals surface area contributed by atoms with Crippen molar-refractivity contribution in [3.05, 3.63) is 89.5 Å². The van der Waals surface area contributed by atoms with Gasteiger partial charge in [0.05, 0.1) is 22.5 Å². The van der Waals surface area contributed by atoms with Crippen molar-refractivity contribution in [3.8, 4) is 28.7 Å². The molecule has 3 atom stereocenters. The first-order chi connectivity index (χ1) is 18.8. The van der Waals surface area contributed by atoms with Crippen molar-refractivity contribution in [1.29, 1.82) is 5.26 Å². The average Bonchev–Trinajstić information content (AvgIpc) is 2.95. The van der Waals surface area contributed by atoms with Gasteiger partial charge in [-0.25, -0.2) is 14.4 Å². The van der Waals surface area contributed by atoms with E-state index >= 15 is 4.39 Å². The fourth-order valence-electron chi connectivity index (χ4n) is 7.08. The highest BCUT2D eigenvalue weighted by Crippen LogP contribution is 2.57. The maximum Gasteiger partial charge on any atom is 0.179 e. The summed E-state index contributed by atoms with van der Waals surface area (Å²) in [5.74, 6) is 0.00144. The van der Waals surface area contributed by atoms with Gasteiger partial charge in [0.2, 0.25) is 0 Å². The summed E-state index contributed by atoms with van der Waals surface area (Å²) in [7, 11) is 0. The van der Waals surface area contributed by atoms with E-state index in [4.69, 9.17) is 9.97 Å². The van der Waals surface area contributed by atoms with Crippen LogP contribution in [0.4, 0.5) is 4.39 Å². The average molecular weight is 517 g/mol. The van der Waals surface area contributed by atoms with Crippen LogP contribution in [0.5, 0.6) is 0 Å². The molecule has 0 radical (unpaired) electrons. The lowest BCUT2D eigenvalue weighted by molar-refractivity contribution is -0.130. The third kappa shape index (κ3) is 3.71. The van der Waals surface area contributed by atoms with Gasteiger partial charge in [-0.2, -0.15) is 5.26 Å². The second-order valence-electron chi connectivity index (χ2n) is 11.1. The third-order valence-corrected chi connectivity index (χ3v) is 8.81. The summed E-state index contributed by atoms with van der Waals surface area (Å²) in [5, 5.41) is 10.9. The number of benzene rings is 2. The molecule has 0 spiro atoms. The molecule has 2 aromatic heterocycles. The van der Waals surface area contributed by atoms with Gasteiger partial charge in [0.25, 0.3) is 0 Å². The molecule has 6 rings (SSSR count). The van der Waals surface area contributed by atoms with Crippen molar-refractivity contribution in [2.75, 3.05) is 0 Å². The minimum absolute atomic E-state index is 0.0487. The Kier molecular flexibility index (Phi) is 5.91. The number of carbonyl (C=O) groups is 1. The van der Waals surface area contributed by atoms with Crippen LogP contribution < -0.4 is 0 Å². The summed E-state index contributed by atoms with van der Waals surface area (Å²) < 4.78 is 15.3. The van der Waals surface area contributed by atoms with E-state index in [9.17, 15) is 10.1 Å². The zero-order valence-electron chi connectivity index (χ0n) is 22.3. The van der Waals surface area contributed by atoms with E-state index in [1.165, 1.54) is 6.07 Å². The third-order valence-electron chi connectivity index (χ3n) is 8.81. The molecule has 2 aromatic carbocycles. The maximum absolute atomic E-state index is 15.3. The van der Waals surface area contributed by atoms with Crippen LogP contribution in [0.1, 0.15) is 51.3 Å². The van der Waals surface area contributed by atoms with Crippen LogP contribution in [0.3, 0.4) is 0 Å². The first kappa shape index (κ1) is 25.1. The van der Waals surface area contributed by atoms with E-state index in [0.717, 1.165) is 40.6 Å². The Hall–Kier alpha value is -4.24. The van der Waals surface area contributed by atoms with Crippen molar-refractivity contribution in [2.24, 2.45) is 11.3 Å². The fourth-order valence-corrected chi connectivity index (χ4v) is 7.08. The molecule has 0 saturated carbocycles. The van der Waals surface area contributed by atoms with Crippen molar-refractivity contribution in [1.82, 2.24) is 15.0 Å².